The van der Waals surface area contributed by atoms with Crippen LogP contribution >= 0.6 is 11.6 Å². The molecule has 2 aliphatic rings. The molecule has 1 aliphatic heterocycles. The molecule has 5 rings (SSSR count). The SMILES string of the molecule is COc1ccc([C@H]2[C@@H]3C(=O)C[C@@H](c4ccc(Cl)cc4)C=C3Nc3ncnn32)cc1. The number of nitrogens with zero attached hydrogens (tertiary/aromatic N) is 3. The molecule has 0 unspecified atom stereocenters. The maximum atomic E-state index is 13.3. The summed E-state index contributed by atoms with van der Waals surface area (Å²) in [6.07, 6.45) is 4.09. The fourth-order valence-corrected chi connectivity index (χ4v) is 4.36. The summed E-state index contributed by atoms with van der Waals surface area (Å²) >= 11 is 6.02. The third kappa shape index (κ3) is 3.09. The number of ether oxygens (including phenoxy) is 1. The van der Waals surface area contributed by atoms with E-state index in [1.807, 2.05) is 48.5 Å². The third-order valence-electron chi connectivity index (χ3n) is 5.65. The van der Waals surface area contributed by atoms with Gasteiger partial charge in [-0.25, -0.2) is 4.68 Å². The molecule has 3 aromatic rings. The summed E-state index contributed by atoms with van der Waals surface area (Å²) in [7, 11) is 1.64. The van der Waals surface area contributed by atoms with E-state index < -0.39 is 0 Å². The lowest BCUT2D eigenvalue weighted by Gasteiger charge is -2.38. The van der Waals surface area contributed by atoms with Crippen molar-refractivity contribution >= 4 is 23.3 Å². The number of fused-ring (bicyclic) bond motifs is 2. The van der Waals surface area contributed by atoms with Crippen molar-refractivity contribution in [1.82, 2.24) is 14.8 Å². The molecular weight excluding hydrogens is 388 g/mol. The zero-order chi connectivity index (χ0) is 20.0. The largest absolute Gasteiger partial charge is 0.497 e. The third-order valence-corrected chi connectivity index (χ3v) is 5.90. The van der Waals surface area contributed by atoms with Gasteiger partial charge in [0.05, 0.1) is 19.1 Å². The predicted molar refractivity (Wildman–Crippen MR) is 110 cm³/mol. The van der Waals surface area contributed by atoms with Gasteiger partial charge in [-0.2, -0.15) is 10.1 Å². The second kappa shape index (κ2) is 7.04. The number of carbonyl (C=O) groups is 1. The number of hydrogen-bond donors (Lipinski definition) is 1. The van der Waals surface area contributed by atoms with E-state index in [-0.39, 0.29) is 23.7 Å². The molecule has 146 valence electrons. The molecule has 7 heteroatoms. The maximum Gasteiger partial charge on any atom is 0.226 e. The second-order valence-electron chi connectivity index (χ2n) is 7.30. The van der Waals surface area contributed by atoms with Crippen LogP contribution in [-0.4, -0.2) is 27.7 Å². The Morgan fingerprint density at radius 1 is 1.10 bits per heavy atom. The highest BCUT2D eigenvalue weighted by atomic mass is 35.5. The zero-order valence-electron chi connectivity index (χ0n) is 15.7. The molecule has 0 saturated carbocycles. The Balaban J connectivity index is 1.58. The smallest absolute Gasteiger partial charge is 0.226 e. The highest BCUT2D eigenvalue weighted by Crippen LogP contribution is 2.44. The molecule has 0 fully saturated rings. The molecule has 0 spiro atoms. The molecular formula is C22H19ClN4O2. The van der Waals surface area contributed by atoms with Crippen LogP contribution in [0.1, 0.15) is 29.5 Å². The summed E-state index contributed by atoms with van der Waals surface area (Å²) < 4.78 is 7.07. The number of halogens is 1. The molecule has 1 aromatic heterocycles. The van der Waals surface area contributed by atoms with Gasteiger partial charge in [0.15, 0.2) is 0 Å². The van der Waals surface area contributed by atoms with Gasteiger partial charge in [-0.15, -0.1) is 0 Å². The average Bonchev–Trinajstić information content (AvgIpc) is 3.21. The molecule has 29 heavy (non-hydrogen) atoms. The predicted octanol–water partition coefficient (Wildman–Crippen LogP) is 4.21. The molecule has 0 amide bonds. The fraction of sp³-hybridized carbons (Fsp3) is 0.227. The number of nitrogens with one attached hydrogen (secondary N) is 1. The van der Waals surface area contributed by atoms with Crippen LogP contribution in [0.15, 0.2) is 66.6 Å². The number of benzene rings is 2. The van der Waals surface area contributed by atoms with E-state index in [4.69, 9.17) is 16.3 Å². The maximum absolute atomic E-state index is 13.3. The van der Waals surface area contributed by atoms with Gasteiger partial charge in [0.1, 0.15) is 17.9 Å². The van der Waals surface area contributed by atoms with Gasteiger partial charge in [0.25, 0.3) is 0 Å². The van der Waals surface area contributed by atoms with Gasteiger partial charge < -0.3 is 10.1 Å². The minimum atomic E-state index is -0.332. The number of aromatic nitrogens is 3. The number of ketones is 1. The molecule has 2 aromatic carbocycles. The van der Waals surface area contributed by atoms with Crippen molar-refractivity contribution in [2.45, 2.75) is 18.4 Å². The first-order chi connectivity index (χ1) is 14.1. The lowest BCUT2D eigenvalue weighted by Crippen LogP contribution is -2.40. The minimum absolute atomic E-state index is 0.00417. The van der Waals surface area contributed by atoms with Crippen molar-refractivity contribution in [1.29, 1.82) is 0 Å². The number of anilines is 1. The number of Topliss-reactive ketones (excluding diaryl/α,β-unsaturated/α-hetero) is 1. The van der Waals surface area contributed by atoms with E-state index >= 15 is 0 Å². The lowest BCUT2D eigenvalue weighted by molar-refractivity contribution is -0.123. The van der Waals surface area contributed by atoms with Crippen LogP contribution in [0.3, 0.4) is 0 Å². The summed E-state index contributed by atoms with van der Waals surface area (Å²) in [4.78, 5) is 17.7. The van der Waals surface area contributed by atoms with Crippen LogP contribution in [0.25, 0.3) is 0 Å². The summed E-state index contributed by atoms with van der Waals surface area (Å²) in [5.41, 5.74) is 2.94. The van der Waals surface area contributed by atoms with Gasteiger partial charge >= 0.3 is 0 Å². The second-order valence-corrected chi connectivity index (χ2v) is 7.74. The Bertz CT molecular complexity index is 1090. The molecule has 6 nitrogen and oxygen atoms in total. The van der Waals surface area contributed by atoms with Crippen molar-refractivity contribution < 1.29 is 9.53 Å². The van der Waals surface area contributed by atoms with Gasteiger partial charge in [0, 0.05) is 23.1 Å². The topological polar surface area (TPSA) is 69.0 Å². The normalized spacial score (nSPS) is 22.9. The standard InChI is InChI=1S/C22H19ClN4O2/c1-29-17-8-4-14(5-9-17)21-20-18(26-22-24-12-25-27(21)22)10-15(11-19(20)28)13-2-6-16(23)7-3-13/h2-10,12,15,20-21H,11H2,1H3,(H,24,25,26)/t15-,20-,21-/m0/s1. The molecule has 3 atom stereocenters. The number of rotatable bonds is 3. The Labute approximate surface area is 173 Å². The molecule has 0 saturated heterocycles. The van der Waals surface area contributed by atoms with Crippen LogP contribution in [0.2, 0.25) is 5.02 Å². The lowest BCUT2D eigenvalue weighted by atomic mass is 9.76. The van der Waals surface area contributed by atoms with E-state index in [0.717, 1.165) is 22.6 Å². The highest BCUT2D eigenvalue weighted by molar-refractivity contribution is 6.30. The average molecular weight is 407 g/mol. The Kier molecular flexibility index (Phi) is 4.36. The molecule has 1 N–H and O–H groups in total. The van der Waals surface area contributed by atoms with Crippen LogP contribution < -0.4 is 10.1 Å². The zero-order valence-corrected chi connectivity index (χ0v) is 16.5. The Morgan fingerprint density at radius 3 is 2.55 bits per heavy atom. The van der Waals surface area contributed by atoms with Gasteiger partial charge in [-0.05, 0) is 35.4 Å². The van der Waals surface area contributed by atoms with Crippen LogP contribution in [0, 0.1) is 5.92 Å². The van der Waals surface area contributed by atoms with Crippen molar-refractivity contribution in [3.63, 3.8) is 0 Å². The fourth-order valence-electron chi connectivity index (χ4n) is 4.23. The van der Waals surface area contributed by atoms with Crippen LogP contribution in [0.5, 0.6) is 5.75 Å². The number of hydrogen-bond acceptors (Lipinski definition) is 5. The van der Waals surface area contributed by atoms with Crippen LogP contribution in [0.4, 0.5) is 5.95 Å². The first-order valence-corrected chi connectivity index (χ1v) is 9.82. The molecule has 0 bridgehead atoms. The van der Waals surface area contributed by atoms with E-state index in [1.54, 1.807) is 11.8 Å². The minimum Gasteiger partial charge on any atom is -0.497 e. The van der Waals surface area contributed by atoms with E-state index in [2.05, 4.69) is 21.5 Å². The Hall–Kier alpha value is -3.12. The summed E-state index contributed by atoms with van der Waals surface area (Å²) in [5.74, 6) is 1.26. The number of carbonyl (C=O) groups excluding carboxylic acids is 1. The number of allylic oxidation sites excluding steroid dienone is 2. The molecule has 0 radical (unpaired) electrons. The summed E-state index contributed by atoms with van der Waals surface area (Å²) in [6.45, 7) is 0. The first-order valence-electron chi connectivity index (χ1n) is 9.44. The number of methoxy groups -OCH3 is 1. The van der Waals surface area contributed by atoms with Crippen molar-refractivity contribution in [2.75, 3.05) is 12.4 Å². The van der Waals surface area contributed by atoms with Gasteiger partial charge in [0.2, 0.25) is 5.95 Å². The molecule has 1 aliphatic carbocycles. The highest BCUT2D eigenvalue weighted by Gasteiger charge is 2.43. The van der Waals surface area contributed by atoms with Crippen molar-refractivity contribution in [3.8, 4) is 5.75 Å². The first kappa shape index (κ1) is 17.9. The van der Waals surface area contributed by atoms with E-state index in [1.165, 1.54) is 6.33 Å². The Morgan fingerprint density at radius 2 is 1.83 bits per heavy atom. The molecule has 2 heterocycles. The van der Waals surface area contributed by atoms with Crippen LogP contribution in [-0.2, 0) is 4.79 Å². The van der Waals surface area contributed by atoms with E-state index in [0.29, 0.717) is 17.4 Å². The quantitative estimate of drug-likeness (QED) is 0.705. The van der Waals surface area contributed by atoms with Crippen molar-refractivity contribution in [2.24, 2.45) is 5.92 Å². The monoisotopic (exact) mass is 406 g/mol. The van der Waals surface area contributed by atoms with Gasteiger partial charge in [-0.3, -0.25) is 4.79 Å². The summed E-state index contributed by atoms with van der Waals surface area (Å²) in [5, 5.41) is 8.39. The van der Waals surface area contributed by atoms with Gasteiger partial charge in [-0.1, -0.05) is 41.9 Å². The van der Waals surface area contributed by atoms with Crippen molar-refractivity contribution in [3.05, 3.63) is 82.8 Å². The van der Waals surface area contributed by atoms with E-state index in [9.17, 15) is 4.79 Å². The summed E-state index contributed by atoms with van der Waals surface area (Å²) in [6, 6.07) is 15.2.